The van der Waals surface area contributed by atoms with Crippen LogP contribution in [0.3, 0.4) is 0 Å². The van der Waals surface area contributed by atoms with Crippen molar-refractivity contribution in [2.45, 2.75) is 12.8 Å². The van der Waals surface area contributed by atoms with Gasteiger partial charge in [0.25, 0.3) is 5.91 Å². The van der Waals surface area contributed by atoms with Gasteiger partial charge in [0.2, 0.25) is 0 Å². The third-order valence-electron chi connectivity index (χ3n) is 5.77. The lowest BCUT2D eigenvalue weighted by Gasteiger charge is -2.12. The van der Waals surface area contributed by atoms with E-state index in [1.165, 1.54) is 0 Å². The Morgan fingerprint density at radius 2 is 1.55 bits per heavy atom. The SMILES string of the molecule is CN(C)CCC1=c2c(O)c(-c3ccc4[nH]cc(CCN(C)C)c4c3O)ccc2=NC1=O. The maximum atomic E-state index is 12.4. The fourth-order valence-electron chi connectivity index (χ4n) is 4.07. The largest absolute Gasteiger partial charge is 0.507 e. The summed E-state index contributed by atoms with van der Waals surface area (Å²) < 4.78 is 0. The molecule has 0 fully saturated rings. The standard InChI is InChI=1S/C24H28N4O3/c1-27(2)11-9-14-13-25-18-7-5-15(22(29)20(14)18)16-6-8-19-21(23(16)30)17(24(31)26-19)10-12-28(3)4/h5-8,13,25,29-30H,9-12H2,1-4H3. The van der Waals surface area contributed by atoms with E-state index in [0.717, 1.165) is 29.4 Å². The number of phenolic OH excluding ortho intramolecular Hbond substituents is 2. The van der Waals surface area contributed by atoms with Crippen LogP contribution in [-0.4, -0.2) is 72.2 Å². The van der Waals surface area contributed by atoms with E-state index >= 15 is 0 Å². The van der Waals surface area contributed by atoms with Gasteiger partial charge in [0.1, 0.15) is 11.5 Å². The summed E-state index contributed by atoms with van der Waals surface area (Å²) in [6.07, 6.45) is 3.21. The van der Waals surface area contributed by atoms with E-state index in [4.69, 9.17) is 0 Å². The number of amides is 1. The zero-order valence-electron chi connectivity index (χ0n) is 18.4. The summed E-state index contributed by atoms with van der Waals surface area (Å²) in [5, 5.41) is 24.0. The molecule has 0 spiro atoms. The molecule has 162 valence electrons. The van der Waals surface area contributed by atoms with Gasteiger partial charge in [0.15, 0.2) is 0 Å². The Labute approximate surface area is 180 Å². The van der Waals surface area contributed by atoms with Crippen molar-refractivity contribution in [3.05, 3.63) is 46.6 Å². The van der Waals surface area contributed by atoms with Gasteiger partial charge in [-0.15, -0.1) is 0 Å². The van der Waals surface area contributed by atoms with Crippen LogP contribution in [0.25, 0.3) is 27.6 Å². The van der Waals surface area contributed by atoms with Crippen LogP contribution in [0.5, 0.6) is 11.5 Å². The molecule has 7 nitrogen and oxygen atoms in total. The maximum absolute atomic E-state index is 12.4. The van der Waals surface area contributed by atoms with E-state index in [1.807, 2.05) is 45.4 Å². The van der Waals surface area contributed by atoms with Gasteiger partial charge in [-0.1, -0.05) is 0 Å². The van der Waals surface area contributed by atoms with Crippen LogP contribution in [-0.2, 0) is 11.2 Å². The Balaban J connectivity index is 1.87. The summed E-state index contributed by atoms with van der Waals surface area (Å²) in [5.74, 6) is -0.194. The lowest BCUT2D eigenvalue weighted by atomic mass is 9.97. The summed E-state index contributed by atoms with van der Waals surface area (Å²) in [6.45, 7) is 1.53. The van der Waals surface area contributed by atoms with Crippen LogP contribution >= 0.6 is 0 Å². The quantitative estimate of drug-likeness (QED) is 0.540. The minimum absolute atomic E-state index is 0.0131. The molecule has 0 bridgehead atoms. The van der Waals surface area contributed by atoms with Gasteiger partial charge < -0.3 is 25.0 Å². The number of aromatic hydroxyl groups is 2. The summed E-state index contributed by atoms with van der Waals surface area (Å²) in [4.78, 5) is 23.8. The number of nitrogens with one attached hydrogen (secondary N) is 1. The average Bonchev–Trinajstić information content (AvgIpc) is 3.27. The molecule has 0 radical (unpaired) electrons. The smallest absolute Gasteiger partial charge is 0.274 e. The number of carbonyl (C=O) groups is 1. The third kappa shape index (κ3) is 3.82. The Bertz CT molecular complexity index is 1290. The molecule has 1 aromatic heterocycles. The van der Waals surface area contributed by atoms with E-state index in [1.54, 1.807) is 18.2 Å². The average molecular weight is 421 g/mol. The van der Waals surface area contributed by atoms with E-state index in [9.17, 15) is 15.0 Å². The Kier molecular flexibility index (Phi) is 5.56. The Morgan fingerprint density at radius 1 is 0.903 bits per heavy atom. The van der Waals surface area contributed by atoms with Crippen molar-refractivity contribution in [3.8, 4) is 22.6 Å². The Morgan fingerprint density at radius 3 is 2.26 bits per heavy atom. The van der Waals surface area contributed by atoms with Crippen LogP contribution in [0.15, 0.2) is 35.5 Å². The van der Waals surface area contributed by atoms with E-state index in [-0.39, 0.29) is 17.4 Å². The molecule has 1 aliphatic rings. The van der Waals surface area contributed by atoms with Gasteiger partial charge in [0, 0.05) is 46.9 Å². The lowest BCUT2D eigenvalue weighted by molar-refractivity contribution is -0.112. The van der Waals surface area contributed by atoms with Crippen LogP contribution in [0.4, 0.5) is 0 Å². The first-order chi connectivity index (χ1) is 14.8. The minimum Gasteiger partial charge on any atom is -0.507 e. The zero-order chi connectivity index (χ0) is 22.3. The van der Waals surface area contributed by atoms with Crippen LogP contribution in [0.1, 0.15) is 12.0 Å². The van der Waals surface area contributed by atoms with Crippen molar-refractivity contribution in [1.29, 1.82) is 0 Å². The molecule has 3 N–H and O–H groups in total. The molecule has 2 aromatic carbocycles. The molecule has 0 saturated carbocycles. The monoisotopic (exact) mass is 420 g/mol. The van der Waals surface area contributed by atoms with E-state index in [2.05, 4.69) is 14.9 Å². The fourth-order valence-corrected chi connectivity index (χ4v) is 4.07. The van der Waals surface area contributed by atoms with Crippen molar-refractivity contribution >= 4 is 22.4 Å². The number of phenols is 2. The second kappa shape index (κ2) is 8.17. The number of H-pyrrole nitrogens is 1. The number of carbonyl (C=O) groups excluding carboxylic acids is 1. The van der Waals surface area contributed by atoms with Crippen molar-refractivity contribution < 1.29 is 15.0 Å². The topological polar surface area (TPSA) is 92.2 Å². The van der Waals surface area contributed by atoms with E-state index in [0.29, 0.717) is 40.2 Å². The summed E-state index contributed by atoms with van der Waals surface area (Å²) in [7, 11) is 7.90. The number of fused-ring (bicyclic) bond motifs is 2. The van der Waals surface area contributed by atoms with Crippen molar-refractivity contribution in [2.24, 2.45) is 4.99 Å². The molecule has 4 rings (SSSR count). The number of aromatic amines is 1. The van der Waals surface area contributed by atoms with Gasteiger partial charge in [0.05, 0.1) is 10.6 Å². The highest BCUT2D eigenvalue weighted by molar-refractivity contribution is 6.16. The summed E-state index contributed by atoms with van der Waals surface area (Å²) in [6, 6.07) is 7.15. The van der Waals surface area contributed by atoms with E-state index < -0.39 is 0 Å². The van der Waals surface area contributed by atoms with Gasteiger partial charge in [-0.2, -0.15) is 0 Å². The molecule has 1 amide bonds. The highest BCUT2D eigenvalue weighted by atomic mass is 16.3. The third-order valence-corrected chi connectivity index (χ3v) is 5.77. The predicted molar refractivity (Wildman–Crippen MR) is 122 cm³/mol. The van der Waals surface area contributed by atoms with Crippen LogP contribution in [0.2, 0.25) is 0 Å². The fraction of sp³-hybridized carbons (Fsp3) is 0.333. The molecule has 0 saturated heterocycles. The molecule has 1 aliphatic heterocycles. The number of nitrogens with zero attached hydrogens (tertiary/aromatic N) is 3. The maximum Gasteiger partial charge on any atom is 0.274 e. The number of hydrogen-bond donors (Lipinski definition) is 3. The predicted octanol–water partition coefficient (Wildman–Crippen LogP) is 1.61. The first-order valence-corrected chi connectivity index (χ1v) is 10.4. The van der Waals surface area contributed by atoms with Crippen molar-refractivity contribution in [2.75, 3.05) is 41.3 Å². The number of benzene rings is 2. The van der Waals surface area contributed by atoms with Crippen LogP contribution < -0.4 is 10.6 Å². The highest BCUT2D eigenvalue weighted by Crippen LogP contribution is 2.40. The molecule has 0 unspecified atom stereocenters. The minimum atomic E-state index is -0.305. The molecule has 7 heteroatoms. The second-order valence-electron chi connectivity index (χ2n) is 8.56. The first-order valence-electron chi connectivity index (χ1n) is 10.4. The van der Waals surface area contributed by atoms with Crippen molar-refractivity contribution in [1.82, 2.24) is 14.8 Å². The number of rotatable bonds is 7. The molecule has 2 heterocycles. The van der Waals surface area contributed by atoms with Crippen molar-refractivity contribution in [3.63, 3.8) is 0 Å². The second-order valence-corrected chi connectivity index (χ2v) is 8.56. The molecule has 3 aromatic rings. The summed E-state index contributed by atoms with van der Waals surface area (Å²) in [5.41, 5.74) is 3.40. The zero-order valence-corrected chi connectivity index (χ0v) is 18.4. The van der Waals surface area contributed by atoms with Gasteiger partial charge >= 0.3 is 0 Å². The normalized spacial score (nSPS) is 13.5. The Hall–Kier alpha value is -3.16. The lowest BCUT2D eigenvalue weighted by Crippen LogP contribution is -2.25. The number of likely N-dealkylation sites (N-methyl/N-ethyl adjacent to an activating group) is 1. The molecule has 31 heavy (non-hydrogen) atoms. The summed E-state index contributed by atoms with van der Waals surface area (Å²) >= 11 is 0. The first kappa shape index (κ1) is 21.1. The van der Waals surface area contributed by atoms with Crippen LogP contribution in [0, 0.1) is 0 Å². The number of aromatic nitrogens is 1. The molecular weight excluding hydrogens is 392 g/mol. The van der Waals surface area contributed by atoms with Gasteiger partial charge in [-0.25, -0.2) is 4.99 Å². The molecule has 0 atom stereocenters. The molecular formula is C24H28N4O3. The number of hydrogen-bond acceptors (Lipinski definition) is 5. The molecule has 0 aliphatic carbocycles. The van der Waals surface area contributed by atoms with Gasteiger partial charge in [-0.3, -0.25) is 4.79 Å². The highest BCUT2D eigenvalue weighted by Gasteiger charge is 2.22. The van der Waals surface area contributed by atoms with Gasteiger partial charge in [-0.05, 0) is 70.9 Å².